The Bertz CT molecular complexity index is 243. The average Bonchev–Trinajstić information content (AvgIpc) is 2.69. The molecule has 2 atom stereocenters. The Kier molecular flexibility index (Phi) is 6.50. The van der Waals surface area contributed by atoms with Crippen molar-refractivity contribution in [3.63, 3.8) is 0 Å². The van der Waals surface area contributed by atoms with E-state index < -0.39 is 0 Å². The highest BCUT2D eigenvalue weighted by atomic mass is 35.5. The third-order valence-electron chi connectivity index (χ3n) is 2.85. The Hall–Kier alpha value is -0.540. The monoisotopic (exact) mass is 245 g/mol. The Morgan fingerprint density at radius 1 is 1.56 bits per heavy atom. The number of carbonyl (C=O) groups excluding carboxylic acids is 1. The Morgan fingerprint density at radius 3 is 3.00 bits per heavy atom. The number of methoxy groups -OCH3 is 1. The first-order valence-electron chi connectivity index (χ1n) is 5.86. The van der Waals surface area contributed by atoms with Crippen molar-refractivity contribution in [3.8, 4) is 0 Å². The summed E-state index contributed by atoms with van der Waals surface area (Å²) in [6, 6.07) is 0.478. The maximum absolute atomic E-state index is 10.8. The van der Waals surface area contributed by atoms with Crippen LogP contribution in [0.25, 0.3) is 0 Å². The van der Waals surface area contributed by atoms with Crippen molar-refractivity contribution in [2.24, 2.45) is 0 Å². The van der Waals surface area contributed by atoms with E-state index in [1.807, 2.05) is 6.08 Å². The second-order valence-corrected chi connectivity index (χ2v) is 4.64. The van der Waals surface area contributed by atoms with Crippen LogP contribution in [-0.4, -0.2) is 31.0 Å². The minimum atomic E-state index is -0.279. The van der Waals surface area contributed by atoms with Crippen LogP contribution in [0.3, 0.4) is 0 Å². The second-order valence-electron chi connectivity index (χ2n) is 4.08. The van der Waals surface area contributed by atoms with Crippen LogP contribution >= 0.6 is 11.6 Å². The molecule has 0 aromatic heterocycles. The van der Waals surface area contributed by atoms with Crippen molar-refractivity contribution in [1.29, 1.82) is 0 Å². The summed E-state index contributed by atoms with van der Waals surface area (Å²) in [7, 11) is 1.39. The molecule has 92 valence electrons. The first-order chi connectivity index (χ1) is 7.74. The summed E-state index contributed by atoms with van der Waals surface area (Å²) in [5.41, 5.74) is 0. The van der Waals surface area contributed by atoms with Crippen LogP contribution in [0.4, 0.5) is 0 Å². The zero-order valence-corrected chi connectivity index (χ0v) is 10.5. The molecule has 4 heteroatoms. The van der Waals surface area contributed by atoms with Gasteiger partial charge < -0.3 is 10.1 Å². The highest BCUT2D eigenvalue weighted by Gasteiger charge is 2.23. The van der Waals surface area contributed by atoms with Gasteiger partial charge in [0.15, 0.2) is 0 Å². The fourth-order valence-electron chi connectivity index (χ4n) is 1.89. The van der Waals surface area contributed by atoms with Crippen molar-refractivity contribution in [1.82, 2.24) is 5.32 Å². The number of alkyl halides is 1. The summed E-state index contributed by atoms with van der Waals surface area (Å²) >= 11 is 6.14. The lowest BCUT2D eigenvalue weighted by Crippen LogP contribution is -2.26. The molecule has 3 nitrogen and oxygen atoms in total. The molecule has 1 heterocycles. The third-order valence-corrected chi connectivity index (χ3v) is 3.38. The van der Waals surface area contributed by atoms with Crippen molar-refractivity contribution in [2.45, 2.75) is 43.5 Å². The van der Waals surface area contributed by atoms with Gasteiger partial charge in [0.25, 0.3) is 0 Å². The maximum atomic E-state index is 10.8. The van der Waals surface area contributed by atoms with Crippen LogP contribution < -0.4 is 5.32 Å². The molecule has 0 saturated carbocycles. The van der Waals surface area contributed by atoms with E-state index >= 15 is 0 Å². The first kappa shape index (κ1) is 13.5. The molecular formula is C12H20ClNO2. The quantitative estimate of drug-likeness (QED) is 0.338. The van der Waals surface area contributed by atoms with E-state index in [0.717, 1.165) is 38.6 Å². The van der Waals surface area contributed by atoms with Gasteiger partial charge in [0, 0.05) is 12.1 Å². The lowest BCUT2D eigenvalue weighted by atomic mass is 10.1. The molecule has 1 saturated heterocycles. The fourth-order valence-corrected chi connectivity index (χ4v) is 2.22. The van der Waals surface area contributed by atoms with Gasteiger partial charge >= 0.3 is 5.97 Å². The lowest BCUT2D eigenvalue weighted by molar-refractivity contribution is -0.134. The molecule has 16 heavy (non-hydrogen) atoms. The van der Waals surface area contributed by atoms with E-state index in [2.05, 4.69) is 10.1 Å². The van der Waals surface area contributed by atoms with Gasteiger partial charge in [-0.1, -0.05) is 12.5 Å². The van der Waals surface area contributed by atoms with E-state index in [-0.39, 0.29) is 5.97 Å². The zero-order valence-electron chi connectivity index (χ0n) is 9.75. The molecule has 0 unspecified atom stereocenters. The van der Waals surface area contributed by atoms with E-state index in [9.17, 15) is 4.79 Å². The van der Waals surface area contributed by atoms with E-state index in [1.165, 1.54) is 13.2 Å². The molecule has 1 aliphatic rings. The lowest BCUT2D eigenvalue weighted by Gasteiger charge is -2.12. The molecule has 1 aliphatic heterocycles. The SMILES string of the molecule is COC(=O)C=CCCCC[C@H]1NCC[C@H]1Cl. The summed E-state index contributed by atoms with van der Waals surface area (Å²) in [6.07, 6.45) is 8.72. The second kappa shape index (κ2) is 7.69. The van der Waals surface area contributed by atoms with Gasteiger partial charge in [0.2, 0.25) is 0 Å². The van der Waals surface area contributed by atoms with Crippen molar-refractivity contribution in [3.05, 3.63) is 12.2 Å². The molecular weight excluding hydrogens is 226 g/mol. The number of carbonyl (C=O) groups is 1. The Balaban J connectivity index is 1.99. The number of esters is 1. The molecule has 0 amide bonds. The van der Waals surface area contributed by atoms with Crippen LogP contribution in [0.1, 0.15) is 32.1 Å². The van der Waals surface area contributed by atoms with Crippen LogP contribution in [0.15, 0.2) is 12.2 Å². The van der Waals surface area contributed by atoms with Gasteiger partial charge in [-0.15, -0.1) is 11.6 Å². The largest absolute Gasteiger partial charge is 0.466 e. The van der Waals surface area contributed by atoms with Gasteiger partial charge in [-0.25, -0.2) is 4.79 Å². The molecule has 1 N–H and O–H groups in total. The first-order valence-corrected chi connectivity index (χ1v) is 6.29. The number of allylic oxidation sites excluding steroid dienone is 1. The van der Waals surface area contributed by atoms with Crippen molar-refractivity contribution in [2.75, 3.05) is 13.7 Å². The topological polar surface area (TPSA) is 38.3 Å². The van der Waals surface area contributed by atoms with Crippen LogP contribution in [0, 0.1) is 0 Å². The van der Waals surface area contributed by atoms with Crippen LogP contribution in [0.5, 0.6) is 0 Å². The standard InChI is InChI=1S/C12H20ClNO2/c1-16-12(15)7-5-3-2-4-6-11-10(13)8-9-14-11/h5,7,10-11,14H,2-4,6,8-9H2,1H3/t10-,11-/m1/s1. The van der Waals surface area contributed by atoms with Crippen LogP contribution in [-0.2, 0) is 9.53 Å². The highest BCUT2D eigenvalue weighted by molar-refractivity contribution is 6.21. The number of ether oxygens (including phenoxy) is 1. The molecule has 0 aromatic carbocycles. The summed E-state index contributed by atoms with van der Waals surface area (Å²) in [6.45, 7) is 1.04. The van der Waals surface area contributed by atoms with Crippen molar-refractivity contribution >= 4 is 17.6 Å². The molecule has 0 aromatic rings. The zero-order chi connectivity index (χ0) is 11.8. The van der Waals surface area contributed by atoms with E-state index in [0.29, 0.717) is 11.4 Å². The highest BCUT2D eigenvalue weighted by Crippen LogP contribution is 2.18. The molecule has 1 fully saturated rings. The van der Waals surface area contributed by atoms with Crippen LogP contribution in [0.2, 0.25) is 0 Å². The normalized spacial score (nSPS) is 25.1. The number of halogens is 1. The van der Waals surface area contributed by atoms with Crippen molar-refractivity contribution < 1.29 is 9.53 Å². The third kappa shape index (κ3) is 4.99. The molecule has 0 radical (unpaired) electrons. The Morgan fingerprint density at radius 2 is 2.38 bits per heavy atom. The fraction of sp³-hybridized carbons (Fsp3) is 0.750. The van der Waals surface area contributed by atoms with Gasteiger partial charge in [-0.2, -0.15) is 0 Å². The minimum absolute atomic E-state index is 0.279. The van der Waals surface area contributed by atoms with Gasteiger partial charge in [0.1, 0.15) is 0 Å². The van der Waals surface area contributed by atoms with Gasteiger partial charge in [-0.3, -0.25) is 0 Å². The van der Waals surface area contributed by atoms with E-state index in [4.69, 9.17) is 11.6 Å². The number of rotatable bonds is 6. The number of hydrogen-bond acceptors (Lipinski definition) is 3. The van der Waals surface area contributed by atoms with Gasteiger partial charge in [0.05, 0.1) is 12.5 Å². The predicted octanol–water partition coefficient (Wildman–Crippen LogP) is 2.25. The number of nitrogens with one attached hydrogen (secondary N) is 1. The molecule has 0 bridgehead atoms. The summed E-state index contributed by atoms with van der Waals surface area (Å²) < 4.78 is 4.50. The number of unbranched alkanes of at least 4 members (excludes halogenated alkanes) is 2. The van der Waals surface area contributed by atoms with E-state index in [1.54, 1.807) is 0 Å². The Labute approximate surface area is 102 Å². The summed E-state index contributed by atoms with van der Waals surface area (Å²) in [4.78, 5) is 10.8. The summed E-state index contributed by atoms with van der Waals surface area (Å²) in [5.74, 6) is -0.279. The maximum Gasteiger partial charge on any atom is 0.330 e. The minimum Gasteiger partial charge on any atom is -0.466 e. The number of hydrogen-bond donors (Lipinski definition) is 1. The molecule has 0 spiro atoms. The summed E-state index contributed by atoms with van der Waals surface area (Å²) in [5, 5.41) is 3.70. The van der Waals surface area contributed by atoms with Gasteiger partial charge in [-0.05, 0) is 32.2 Å². The average molecular weight is 246 g/mol. The predicted molar refractivity (Wildman–Crippen MR) is 65.7 cm³/mol. The molecule has 0 aliphatic carbocycles. The smallest absolute Gasteiger partial charge is 0.330 e. The molecule has 1 rings (SSSR count).